The molecule has 1 N–H and O–H groups in total. The van der Waals surface area contributed by atoms with Gasteiger partial charge in [-0.05, 0) is 49.7 Å². The predicted octanol–water partition coefficient (Wildman–Crippen LogP) is 2.94. The van der Waals surface area contributed by atoms with Crippen molar-refractivity contribution in [1.82, 2.24) is 9.88 Å². The predicted molar refractivity (Wildman–Crippen MR) is 92.0 cm³/mol. The molecule has 1 aliphatic heterocycles. The number of rotatable bonds is 4. The van der Waals surface area contributed by atoms with E-state index in [2.05, 4.69) is 15.2 Å². The third kappa shape index (κ3) is 4.40. The van der Waals surface area contributed by atoms with Crippen LogP contribution in [0.25, 0.3) is 0 Å². The first-order chi connectivity index (χ1) is 12.2. The molecule has 0 aliphatic carbocycles. The van der Waals surface area contributed by atoms with Gasteiger partial charge in [0.25, 0.3) is 0 Å². The molecule has 5 nitrogen and oxygen atoms in total. The van der Waals surface area contributed by atoms with Crippen LogP contribution in [0.3, 0.4) is 0 Å². The Morgan fingerprint density at radius 3 is 3.04 bits per heavy atom. The lowest BCUT2D eigenvalue weighted by molar-refractivity contribution is -0.121. The van der Waals surface area contributed by atoms with E-state index in [-0.39, 0.29) is 17.4 Å². The molecule has 1 aliphatic rings. The van der Waals surface area contributed by atoms with Crippen LogP contribution in [-0.2, 0) is 11.3 Å². The molecule has 3 rings (SSSR count). The molecule has 1 fully saturated rings. The number of amides is 1. The Balaban J connectivity index is 1.61. The summed E-state index contributed by atoms with van der Waals surface area (Å²) < 4.78 is 13.4. The van der Waals surface area contributed by atoms with Gasteiger partial charge >= 0.3 is 0 Å². The van der Waals surface area contributed by atoms with Crippen molar-refractivity contribution in [3.63, 3.8) is 0 Å². The summed E-state index contributed by atoms with van der Waals surface area (Å²) >= 11 is 0. The molecule has 25 heavy (non-hydrogen) atoms. The topological polar surface area (TPSA) is 69.0 Å². The van der Waals surface area contributed by atoms with E-state index in [1.165, 1.54) is 18.2 Å². The molecule has 1 aromatic heterocycles. The van der Waals surface area contributed by atoms with E-state index in [9.17, 15) is 9.18 Å². The molecule has 0 spiro atoms. The lowest BCUT2D eigenvalue weighted by Crippen LogP contribution is -2.40. The second-order valence-electron chi connectivity index (χ2n) is 6.19. The molecule has 0 radical (unpaired) electrons. The molecule has 1 amide bonds. The van der Waals surface area contributed by atoms with Gasteiger partial charge in [0.15, 0.2) is 0 Å². The van der Waals surface area contributed by atoms with Gasteiger partial charge in [-0.3, -0.25) is 14.7 Å². The normalized spacial score (nSPS) is 17.7. The Morgan fingerprint density at radius 1 is 1.40 bits per heavy atom. The van der Waals surface area contributed by atoms with Crippen molar-refractivity contribution >= 4 is 11.6 Å². The van der Waals surface area contributed by atoms with Gasteiger partial charge in [0.05, 0.1) is 17.2 Å². The van der Waals surface area contributed by atoms with E-state index < -0.39 is 5.82 Å². The fourth-order valence-electron chi connectivity index (χ4n) is 3.07. The van der Waals surface area contributed by atoms with Crippen molar-refractivity contribution in [2.24, 2.45) is 5.92 Å². The molecule has 6 heteroatoms. The molecular formula is C19H19FN4O. The third-order valence-electron chi connectivity index (χ3n) is 4.34. The zero-order valence-corrected chi connectivity index (χ0v) is 13.8. The molecule has 2 heterocycles. The summed E-state index contributed by atoms with van der Waals surface area (Å²) in [5.74, 6) is -0.811. The number of carbonyl (C=O) groups is 1. The number of halogens is 1. The Labute approximate surface area is 146 Å². The molecule has 128 valence electrons. The fourth-order valence-corrected chi connectivity index (χ4v) is 3.07. The van der Waals surface area contributed by atoms with Crippen LogP contribution in [0.1, 0.15) is 24.1 Å². The SMILES string of the molecule is N#Cc1cc(NC(=O)C2CCCN(Cc3ccccn3)C2)ccc1F. The van der Waals surface area contributed by atoms with Gasteiger partial charge in [-0.25, -0.2) is 4.39 Å². The summed E-state index contributed by atoms with van der Waals surface area (Å²) in [7, 11) is 0. The van der Waals surface area contributed by atoms with Gasteiger partial charge in [-0.15, -0.1) is 0 Å². The molecule has 0 bridgehead atoms. The monoisotopic (exact) mass is 338 g/mol. The van der Waals surface area contributed by atoms with Crippen LogP contribution in [0.15, 0.2) is 42.6 Å². The van der Waals surface area contributed by atoms with Crippen molar-refractivity contribution in [1.29, 1.82) is 5.26 Å². The van der Waals surface area contributed by atoms with Crippen LogP contribution in [0.5, 0.6) is 0 Å². The Hall–Kier alpha value is -2.78. The largest absolute Gasteiger partial charge is 0.326 e. The van der Waals surface area contributed by atoms with E-state index >= 15 is 0 Å². The van der Waals surface area contributed by atoms with Crippen LogP contribution in [0, 0.1) is 23.1 Å². The smallest absolute Gasteiger partial charge is 0.228 e. The van der Waals surface area contributed by atoms with Crippen LogP contribution in [-0.4, -0.2) is 28.9 Å². The van der Waals surface area contributed by atoms with Gasteiger partial charge in [-0.2, -0.15) is 5.26 Å². The second kappa shape index (κ2) is 7.86. The van der Waals surface area contributed by atoms with E-state index in [1.807, 2.05) is 18.2 Å². The van der Waals surface area contributed by atoms with E-state index in [4.69, 9.17) is 5.26 Å². The van der Waals surface area contributed by atoms with E-state index in [1.54, 1.807) is 12.3 Å². The first kappa shape index (κ1) is 17.1. The zero-order valence-electron chi connectivity index (χ0n) is 13.8. The highest BCUT2D eigenvalue weighted by molar-refractivity contribution is 5.92. The number of piperidine rings is 1. The molecule has 1 unspecified atom stereocenters. The molecule has 2 aromatic rings. The summed E-state index contributed by atoms with van der Waals surface area (Å²) in [5.41, 5.74) is 1.36. The first-order valence-electron chi connectivity index (χ1n) is 8.28. The number of anilines is 1. The molecular weight excluding hydrogens is 319 g/mol. The van der Waals surface area contributed by atoms with Gasteiger partial charge in [0, 0.05) is 25.0 Å². The minimum Gasteiger partial charge on any atom is -0.326 e. The summed E-state index contributed by atoms with van der Waals surface area (Å²) in [6.07, 6.45) is 3.53. The lowest BCUT2D eigenvalue weighted by Gasteiger charge is -2.31. The lowest BCUT2D eigenvalue weighted by atomic mass is 9.96. The highest BCUT2D eigenvalue weighted by Gasteiger charge is 2.26. The third-order valence-corrected chi connectivity index (χ3v) is 4.34. The number of nitrogens with one attached hydrogen (secondary N) is 1. The Morgan fingerprint density at radius 2 is 2.28 bits per heavy atom. The molecule has 1 aromatic carbocycles. The number of pyridine rings is 1. The number of benzene rings is 1. The van der Waals surface area contributed by atoms with Crippen molar-refractivity contribution < 1.29 is 9.18 Å². The standard InChI is InChI=1S/C19H19FN4O/c20-18-7-6-16(10-15(18)11-21)23-19(25)14-4-3-9-24(12-14)13-17-5-1-2-8-22-17/h1-2,5-8,10,14H,3-4,9,12-13H2,(H,23,25). The van der Waals surface area contributed by atoms with Crippen molar-refractivity contribution in [2.45, 2.75) is 19.4 Å². The van der Waals surface area contributed by atoms with Crippen LogP contribution in [0.2, 0.25) is 0 Å². The van der Waals surface area contributed by atoms with Crippen LogP contribution in [0.4, 0.5) is 10.1 Å². The summed E-state index contributed by atoms with van der Waals surface area (Å²) in [4.78, 5) is 19.1. The van der Waals surface area contributed by atoms with Gasteiger partial charge < -0.3 is 5.32 Å². The van der Waals surface area contributed by atoms with Gasteiger partial charge in [0.2, 0.25) is 5.91 Å². The van der Waals surface area contributed by atoms with E-state index in [0.29, 0.717) is 12.2 Å². The molecule has 1 saturated heterocycles. The maximum absolute atomic E-state index is 13.4. The number of likely N-dealkylation sites (tertiary alicyclic amines) is 1. The number of hydrogen-bond acceptors (Lipinski definition) is 4. The van der Waals surface area contributed by atoms with Crippen molar-refractivity contribution in [3.8, 4) is 6.07 Å². The maximum atomic E-state index is 13.4. The summed E-state index contributed by atoms with van der Waals surface area (Å²) in [6, 6.07) is 11.6. The quantitative estimate of drug-likeness (QED) is 0.930. The van der Waals surface area contributed by atoms with Crippen molar-refractivity contribution in [3.05, 3.63) is 59.7 Å². The number of nitrogens with zero attached hydrogens (tertiary/aromatic N) is 3. The number of carbonyl (C=O) groups excluding carboxylic acids is 1. The van der Waals surface area contributed by atoms with Gasteiger partial charge in [0.1, 0.15) is 11.9 Å². The second-order valence-corrected chi connectivity index (χ2v) is 6.19. The molecule has 0 saturated carbocycles. The summed E-state index contributed by atoms with van der Waals surface area (Å²) in [6.45, 7) is 2.32. The Bertz CT molecular complexity index is 788. The highest BCUT2D eigenvalue weighted by Crippen LogP contribution is 2.21. The maximum Gasteiger partial charge on any atom is 0.228 e. The minimum atomic E-state index is -0.584. The minimum absolute atomic E-state index is 0.0711. The first-order valence-corrected chi connectivity index (χ1v) is 8.28. The number of aromatic nitrogens is 1. The Kier molecular flexibility index (Phi) is 5.36. The van der Waals surface area contributed by atoms with Crippen LogP contribution < -0.4 is 5.32 Å². The highest BCUT2D eigenvalue weighted by atomic mass is 19.1. The van der Waals surface area contributed by atoms with Crippen LogP contribution >= 0.6 is 0 Å². The van der Waals surface area contributed by atoms with E-state index in [0.717, 1.165) is 31.6 Å². The summed E-state index contributed by atoms with van der Waals surface area (Å²) in [5, 5.41) is 11.7. The zero-order chi connectivity index (χ0) is 17.6. The average Bonchev–Trinajstić information content (AvgIpc) is 2.64. The number of hydrogen-bond donors (Lipinski definition) is 1. The fraction of sp³-hybridized carbons (Fsp3) is 0.316. The average molecular weight is 338 g/mol. The van der Waals surface area contributed by atoms with Crippen molar-refractivity contribution in [2.75, 3.05) is 18.4 Å². The molecule has 1 atom stereocenters. The number of nitriles is 1. The van der Waals surface area contributed by atoms with Gasteiger partial charge in [-0.1, -0.05) is 6.07 Å².